The zero-order valence-electron chi connectivity index (χ0n) is 38.2. The molecule has 4 heterocycles. The Morgan fingerprint density at radius 2 is 1.43 bits per heavy atom. The normalized spacial score (nSPS) is 22.4. The number of nitrogens with zero attached hydrogens (tertiary/aromatic N) is 4. The van der Waals surface area contributed by atoms with E-state index in [9.17, 15) is 20.0 Å². The Bertz CT molecular complexity index is 2990. The number of aliphatic hydroxyl groups excluding tert-OH is 1. The number of hydrogen-bond acceptors (Lipinski definition) is 13. The molecule has 0 aromatic heterocycles. The lowest BCUT2D eigenvalue weighted by molar-refractivity contribution is -0.384. The zero-order valence-corrected chi connectivity index (χ0v) is 38.2. The van der Waals surface area contributed by atoms with Crippen molar-refractivity contribution < 1.29 is 52.9 Å². The Balaban J connectivity index is 1.21. The highest BCUT2D eigenvalue weighted by Crippen LogP contribution is 2.67. The van der Waals surface area contributed by atoms with E-state index in [1.807, 2.05) is 77.7 Å². The molecule has 1 N–H and O–H groups in total. The number of imide groups is 1. The van der Waals surface area contributed by atoms with Gasteiger partial charge in [0.1, 0.15) is 36.5 Å². The minimum Gasteiger partial charge on any atom is -0.493 e. The number of anilines is 1. The molecule has 0 saturated carbocycles. The van der Waals surface area contributed by atoms with E-state index in [1.54, 1.807) is 60.5 Å². The maximum Gasteiger partial charge on any atom is 0.421 e. The molecule has 0 radical (unpaired) electrons. The summed E-state index contributed by atoms with van der Waals surface area (Å²) in [6.07, 6.45) is -1.61. The van der Waals surface area contributed by atoms with E-state index in [0.29, 0.717) is 40.2 Å². The number of cyclic esters (lactones) is 1. The van der Waals surface area contributed by atoms with E-state index in [-0.39, 0.29) is 50.0 Å². The fourth-order valence-corrected chi connectivity index (χ4v) is 11.0. The van der Waals surface area contributed by atoms with Gasteiger partial charge in [-0.25, -0.2) is 9.69 Å². The van der Waals surface area contributed by atoms with Crippen molar-refractivity contribution in [3.63, 3.8) is 0 Å². The second-order valence-corrected chi connectivity index (χ2v) is 17.5. The summed E-state index contributed by atoms with van der Waals surface area (Å²) in [4.78, 5) is 78.6. The highest BCUT2D eigenvalue weighted by Gasteiger charge is 2.76. The number of aliphatic hydroxyl groups is 1. The number of methoxy groups -OCH3 is 2. The largest absolute Gasteiger partial charge is 0.493 e. The van der Waals surface area contributed by atoms with Gasteiger partial charge in [-0.3, -0.25) is 29.4 Å². The summed E-state index contributed by atoms with van der Waals surface area (Å²) in [5, 5.41) is 21.5. The van der Waals surface area contributed by atoms with E-state index in [0.717, 1.165) is 21.6 Å². The lowest BCUT2D eigenvalue weighted by atomic mass is 9.65. The molecule has 4 aliphatic heterocycles. The number of carbonyl (C=O) groups is 4. The number of nitro groups is 1. The van der Waals surface area contributed by atoms with Crippen molar-refractivity contribution in [2.24, 2.45) is 5.92 Å². The van der Waals surface area contributed by atoms with Crippen LogP contribution in [0.2, 0.25) is 0 Å². The first-order valence-electron chi connectivity index (χ1n) is 22.9. The third kappa shape index (κ3) is 7.56. The second-order valence-electron chi connectivity index (χ2n) is 17.5. The van der Waals surface area contributed by atoms with E-state index in [1.165, 1.54) is 31.4 Å². The standard InChI is InChI=1S/C54H48N4O12/c1-66-43-29-36-25-26-55(31-37(36)30-44(43)67-2)50(60)45-47-51(61)70-48(35-15-7-4-8-16-35)46(34-13-5-3-6-14-34)57(47)49(39-17-9-12-20-42(39)68-28-27-59)54(45)40-18-10-11-19-41(40)56(52(54)62)53(63)69-32-33-21-23-38(24-22-33)58(64)65/h3-24,29-30,45-49,59H,25-28,31-32H2,1-2H3. The number of esters is 1. The third-order valence-electron chi connectivity index (χ3n) is 13.9. The van der Waals surface area contributed by atoms with E-state index >= 15 is 14.4 Å². The Labute approximate surface area is 402 Å². The maximum absolute atomic E-state index is 16.6. The van der Waals surface area contributed by atoms with Crippen LogP contribution in [0.25, 0.3) is 0 Å². The van der Waals surface area contributed by atoms with Crippen LogP contribution in [0, 0.1) is 16.0 Å². The number of ether oxygens (including phenoxy) is 5. The molecule has 0 bridgehead atoms. The van der Waals surface area contributed by atoms with Crippen LogP contribution in [0.5, 0.6) is 17.2 Å². The number of hydrogen-bond donors (Lipinski definition) is 1. The topological polar surface area (TPSA) is 188 Å². The first-order valence-corrected chi connectivity index (χ1v) is 22.9. The number of non-ortho nitro benzene ring substituents is 1. The van der Waals surface area contributed by atoms with Crippen LogP contribution < -0.4 is 19.1 Å². The fraction of sp³-hybridized carbons (Fsp3) is 0.259. The summed E-state index contributed by atoms with van der Waals surface area (Å²) in [7, 11) is 3.08. The molecule has 1 spiro atoms. The zero-order chi connectivity index (χ0) is 48.7. The average Bonchev–Trinajstić information content (AvgIpc) is 3.85. The summed E-state index contributed by atoms with van der Waals surface area (Å²) in [6.45, 7) is -0.504. The average molecular weight is 945 g/mol. The van der Waals surface area contributed by atoms with Gasteiger partial charge in [0.05, 0.1) is 49.4 Å². The summed E-state index contributed by atoms with van der Waals surface area (Å²) < 4.78 is 30.1. The van der Waals surface area contributed by atoms with Gasteiger partial charge in [0.15, 0.2) is 11.5 Å². The van der Waals surface area contributed by atoms with E-state index in [4.69, 9.17) is 23.7 Å². The molecule has 6 unspecified atom stereocenters. The van der Waals surface area contributed by atoms with E-state index < -0.39 is 64.4 Å². The van der Waals surface area contributed by atoms with Crippen molar-refractivity contribution in [2.45, 2.75) is 49.2 Å². The highest BCUT2D eigenvalue weighted by molar-refractivity contribution is 6.23. The highest BCUT2D eigenvalue weighted by atomic mass is 16.6. The predicted molar refractivity (Wildman–Crippen MR) is 253 cm³/mol. The predicted octanol–water partition coefficient (Wildman–Crippen LogP) is 7.57. The van der Waals surface area contributed by atoms with Gasteiger partial charge >= 0.3 is 12.1 Å². The summed E-state index contributed by atoms with van der Waals surface area (Å²) >= 11 is 0. The number of fused-ring (bicyclic) bond motifs is 4. The quantitative estimate of drug-likeness (QED) is 0.0720. The molecule has 6 atom stereocenters. The molecule has 16 nitrogen and oxygen atoms in total. The molecule has 16 heteroatoms. The van der Waals surface area contributed by atoms with Gasteiger partial charge in [0, 0.05) is 30.8 Å². The van der Waals surface area contributed by atoms with Crippen LogP contribution in [0.15, 0.2) is 146 Å². The Kier molecular flexibility index (Phi) is 12.3. The van der Waals surface area contributed by atoms with Crippen molar-refractivity contribution in [1.82, 2.24) is 9.80 Å². The molecule has 2 saturated heterocycles. The van der Waals surface area contributed by atoms with Crippen molar-refractivity contribution >= 4 is 35.3 Å². The number of rotatable bonds is 12. The first kappa shape index (κ1) is 45.7. The van der Waals surface area contributed by atoms with Gasteiger partial charge in [0.25, 0.3) is 5.69 Å². The lowest BCUT2D eigenvalue weighted by Gasteiger charge is -2.46. The summed E-state index contributed by atoms with van der Waals surface area (Å²) in [5.41, 5.74) is 2.17. The molecule has 70 heavy (non-hydrogen) atoms. The Morgan fingerprint density at radius 3 is 2.11 bits per heavy atom. The van der Waals surface area contributed by atoms with Gasteiger partial charge in [-0.1, -0.05) is 97.1 Å². The Hall–Kier alpha value is -8.08. The number of carbonyl (C=O) groups excluding carboxylic acids is 4. The van der Waals surface area contributed by atoms with Gasteiger partial charge in [-0.15, -0.1) is 0 Å². The second kappa shape index (κ2) is 18.8. The lowest BCUT2D eigenvalue weighted by Crippen LogP contribution is -2.57. The Morgan fingerprint density at radius 1 is 0.786 bits per heavy atom. The van der Waals surface area contributed by atoms with Crippen LogP contribution in [0.1, 0.15) is 57.1 Å². The van der Waals surface area contributed by atoms with Crippen LogP contribution >= 0.6 is 0 Å². The molecule has 6 aromatic rings. The number of amides is 3. The van der Waals surface area contributed by atoms with Crippen molar-refractivity contribution in [3.05, 3.63) is 195 Å². The van der Waals surface area contributed by atoms with Gasteiger partial charge < -0.3 is 33.7 Å². The molecule has 6 aromatic carbocycles. The SMILES string of the molecule is COc1cc2c(cc1OC)CN(C(=O)C1C3C(=O)OC(c4ccccc4)C(c4ccccc4)N3C(c3ccccc3OCCO)C13C(=O)N(C(=O)OCc1ccc([N+](=O)[O-])cc1)c1ccccc13)CC2. The number of morpholine rings is 1. The first-order chi connectivity index (χ1) is 34.1. The molecule has 356 valence electrons. The number of nitro benzene ring substituents is 1. The molecule has 0 aliphatic carbocycles. The van der Waals surface area contributed by atoms with Gasteiger partial charge in [0.2, 0.25) is 11.8 Å². The fourth-order valence-electron chi connectivity index (χ4n) is 11.0. The van der Waals surface area contributed by atoms with Gasteiger partial charge in [-0.05, 0) is 76.2 Å². The van der Waals surface area contributed by atoms with Crippen molar-refractivity contribution in [1.29, 1.82) is 0 Å². The number of benzene rings is 6. The minimum atomic E-state index is -2.07. The maximum atomic E-state index is 16.6. The molecule has 2 fully saturated rings. The molecular formula is C54H48N4O12. The molecule has 3 amide bonds. The summed E-state index contributed by atoms with van der Waals surface area (Å²) in [6, 6.07) is 38.2. The molecule has 10 rings (SSSR count). The smallest absolute Gasteiger partial charge is 0.421 e. The van der Waals surface area contributed by atoms with Crippen molar-refractivity contribution in [3.8, 4) is 17.2 Å². The van der Waals surface area contributed by atoms with Crippen LogP contribution in [-0.4, -0.2) is 83.7 Å². The van der Waals surface area contributed by atoms with Crippen LogP contribution in [0.4, 0.5) is 16.2 Å². The minimum absolute atomic E-state index is 0.0926. The summed E-state index contributed by atoms with van der Waals surface area (Å²) in [5.74, 6) is -2.35. The molecular weight excluding hydrogens is 897 g/mol. The van der Waals surface area contributed by atoms with Crippen LogP contribution in [0.3, 0.4) is 0 Å². The van der Waals surface area contributed by atoms with Crippen molar-refractivity contribution in [2.75, 3.05) is 38.9 Å². The van der Waals surface area contributed by atoms with Crippen LogP contribution in [-0.2, 0) is 48.8 Å². The number of para-hydroxylation sites is 2. The monoisotopic (exact) mass is 944 g/mol. The van der Waals surface area contributed by atoms with E-state index in [2.05, 4.69) is 0 Å². The van der Waals surface area contributed by atoms with Gasteiger partial charge in [-0.2, -0.15) is 0 Å². The molecule has 4 aliphatic rings. The third-order valence-corrected chi connectivity index (χ3v) is 13.9.